The number of hydrogen-bond acceptors (Lipinski definition) is 7. The highest BCUT2D eigenvalue weighted by Crippen LogP contribution is 2.64. The minimum absolute atomic E-state index is 0.119. The Morgan fingerprint density at radius 1 is 1.22 bits per heavy atom. The van der Waals surface area contributed by atoms with Gasteiger partial charge in [-0.1, -0.05) is 0 Å². The molecule has 4 N–H and O–H groups in total. The first kappa shape index (κ1) is 21.7. The van der Waals surface area contributed by atoms with E-state index in [9.17, 15) is 24.8 Å². The van der Waals surface area contributed by atoms with E-state index in [2.05, 4.69) is 11.4 Å². The van der Waals surface area contributed by atoms with E-state index < -0.39 is 35.0 Å². The molecule has 32 heavy (non-hydrogen) atoms. The third-order valence-electron chi connectivity index (χ3n) is 8.83. The Kier molecular flexibility index (Phi) is 5.02. The number of nitrogens with two attached hydrogens (primary N) is 1. The Hall–Kier alpha value is -2.18. The number of esters is 1. The van der Waals surface area contributed by atoms with Crippen LogP contribution in [0.2, 0.25) is 0 Å². The van der Waals surface area contributed by atoms with Crippen LogP contribution in [0.15, 0.2) is 0 Å². The van der Waals surface area contributed by atoms with Crippen LogP contribution in [-0.4, -0.2) is 64.7 Å². The van der Waals surface area contributed by atoms with E-state index in [1.165, 1.54) is 7.05 Å². The normalized spacial score (nSPS) is 42.7. The van der Waals surface area contributed by atoms with E-state index in [0.717, 1.165) is 44.9 Å². The molecular weight excluding hydrogens is 412 g/mol. The van der Waals surface area contributed by atoms with Crippen molar-refractivity contribution >= 4 is 17.8 Å². The number of ether oxygens (including phenoxy) is 1. The minimum Gasteiger partial charge on any atom is -0.480 e. The minimum atomic E-state index is -1.09. The number of likely N-dealkylation sites (tertiary alicyclic amines) is 1. The van der Waals surface area contributed by atoms with Gasteiger partial charge < -0.3 is 25.8 Å². The molecule has 0 spiro atoms. The molecule has 0 aromatic rings. The van der Waals surface area contributed by atoms with Crippen molar-refractivity contribution in [2.45, 2.75) is 87.6 Å². The van der Waals surface area contributed by atoms with Crippen molar-refractivity contribution in [1.29, 1.82) is 5.26 Å². The standard InChI is InChI=1S/C23H32N4O5/c1-26-16(21(30)31)5-18(28)32-23-8-12-2-13(9-23)7-22(6-12,11-23)19(25)20(29)27-15(10-24)3-14-4-17(14)27/h12-17,19,26H,2-9,11,25H2,1H3,(H,30,31)/t12?,13?,14-,15+,16+,17?,19-,22?,23?/m1/s1. The molecule has 7 atom stereocenters. The van der Waals surface area contributed by atoms with Gasteiger partial charge in [0.2, 0.25) is 5.91 Å². The van der Waals surface area contributed by atoms with Gasteiger partial charge in [0.15, 0.2) is 0 Å². The van der Waals surface area contributed by atoms with Gasteiger partial charge in [0.25, 0.3) is 0 Å². The van der Waals surface area contributed by atoms with Crippen LogP contribution in [0.4, 0.5) is 0 Å². The number of fused-ring (bicyclic) bond motifs is 1. The largest absolute Gasteiger partial charge is 0.480 e. The second-order valence-electron chi connectivity index (χ2n) is 11.0. The average Bonchev–Trinajstić information content (AvgIpc) is 3.39. The van der Waals surface area contributed by atoms with Crippen molar-refractivity contribution in [2.75, 3.05) is 7.05 Å². The van der Waals surface area contributed by atoms with Crippen molar-refractivity contribution in [3.8, 4) is 6.07 Å². The van der Waals surface area contributed by atoms with Gasteiger partial charge in [-0.15, -0.1) is 0 Å². The Bertz CT molecular complexity index is 870. The van der Waals surface area contributed by atoms with Crippen molar-refractivity contribution < 1.29 is 24.2 Å². The number of rotatable bonds is 7. The highest BCUT2D eigenvalue weighted by molar-refractivity contribution is 5.85. The van der Waals surface area contributed by atoms with E-state index >= 15 is 0 Å². The first-order chi connectivity index (χ1) is 15.2. The molecule has 9 nitrogen and oxygen atoms in total. The number of nitrogens with one attached hydrogen (secondary N) is 1. The summed E-state index contributed by atoms with van der Waals surface area (Å²) < 4.78 is 6.01. The van der Waals surface area contributed by atoms with E-state index in [1.807, 2.05) is 0 Å². The smallest absolute Gasteiger partial charge is 0.321 e. The SMILES string of the molecule is CN[C@@H](CC(=O)OC12CC3CC(C1)CC([C@H](N)C(=O)N1C4C[C@H]4C[C@H]1C#N)(C3)C2)C(=O)O. The number of carboxylic acids is 1. The molecule has 1 amide bonds. The van der Waals surface area contributed by atoms with Gasteiger partial charge in [-0.2, -0.15) is 5.26 Å². The summed E-state index contributed by atoms with van der Waals surface area (Å²) in [6.45, 7) is 0. The van der Waals surface area contributed by atoms with Gasteiger partial charge in [-0.05, 0) is 81.6 Å². The predicted molar refractivity (Wildman–Crippen MR) is 112 cm³/mol. The Morgan fingerprint density at radius 3 is 2.50 bits per heavy atom. The highest BCUT2D eigenvalue weighted by Gasteiger charge is 2.64. The van der Waals surface area contributed by atoms with E-state index in [4.69, 9.17) is 10.5 Å². The van der Waals surface area contributed by atoms with Gasteiger partial charge in [0, 0.05) is 6.04 Å². The van der Waals surface area contributed by atoms with Crippen molar-refractivity contribution in [3.05, 3.63) is 0 Å². The number of nitrogens with zero attached hydrogens (tertiary/aromatic N) is 2. The molecule has 9 heteroatoms. The number of carboxylic acid groups (broad SMARTS) is 1. The van der Waals surface area contributed by atoms with Gasteiger partial charge >= 0.3 is 11.9 Å². The van der Waals surface area contributed by atoms with Crippen molar-refractivity contribution in [2.24, 2.45) is 28.9 Å². The summed E-state index contributed by atoms with van der Waals surface area (Å²) in [5.41, 5.74) is 5.60. The molecule has 6 fully saturated rings. The summed E-state index contributed by atoms with van der Waals surface area (Å²) in [4.78, 5) is 39.3. The van der Waals surface area contributed by atoms with Crippen LogP contribution in [0.3, 0.4) is 0 Å². The van der Waals surface area contributed by atoms with E-state index in [0.29, 0.717) is 24.2 Å². The number of carbonyl (C=O) groups is 3. The third kappa shape index (κ3) is 3.39. The number of nitriles is 1. The number of aliphatic carboxylic acids is 1. The number of likely N-dealkylation sites (N-methyl/N-ethyl adjacent to an activating group) is 1. The quantitative estimate of drug-likeness (QED) is 0.488. The predicted octanol–water partition coefficient (Wildman–Crippen LogP) is 0.772. The molecule has 1 saturated heterocycles. The zero-order chi connectivity index (χ0) is 22.8. The summed E-state index contributed by atoms with van der Waals surface area (Å²) in [5.74, 6) is -0.591. The number of amides is 1. The molecule has 3 unspecified atom stereocenters. The first-order valence-electron chi connectivity index (χ1n) is 11.8. The fourth-order valence-corrected chi connectivity index (χ4v) is 7.81. The molecule has 0 radical (unpaired) electrons. The lowest BCUT2D eigenvalue weighted by Gasteiger charge is -2.62. The molecule has 4 bridgehead atoms. The molecule has 6 rings (SSSR count). The van der Waals surface area contributed by atoms with Crippen molar-refractivity contribution in [1.82, 2.24) is 10.2 Å². The fourth-order valence-electron chi connectivity index (χ4n) is 7.81. The average molecular weight is 445 g/mol. The summed E-state index contributed by atoms with van der Waals surface area (Å²) in [5, 5.41) is 21.4. The molecule has 0 aromatic carbocycles. The van der Waals surface area contributed by atoms with E-state index in [-0.39, 0.29) is 24.4 Å². The van der Waals surface area contributed by atoms with Gasteiger partial charge in [0.1, 0.15) is 17.7 Å². The second kappa shape index (κ2) is 7.42. The molecule has 1 heterocycles. The number of carbonyl (C=O) groups excluding carboxylic acids is 2. The summed E-state index contributed by atoms with van der Waals surface area (Å²) >= 11 is 0. The first-order valence-corrected chi connectivity index (χ1v) is 11.8. The van der Waals surface area contributed by atoms with Crippen LogP contribution in [0.5, 0.6) is 0 Å². The lowest BCUT2D eigenvalue weighted by Crippen LogP contribution is -2.65. The van der Waals surface area contributed by atoms with Gasteiger partial charge in [-0.3, -0.25) is 14.4 Å². The van der Waals surface area contributed by atoms with Crippen LogP contribution in [0, 0.1) is 34.5 Å². The molecular formula is C23H32N4O5. The van der Waals surface area contributed by atoms with E-state index in [1.54, 1.807) is 4.90 Å². The Balaban J connectivity index is 1.34. The van der Waals surface area contributed by atoms with Crippen LogP contribution < -0.4 is 11.1 Å². The number of hydrogen-bond donors (Lipinski definition) is 3. The molecule has 1 aliphatic heterocycles. The Morgan fingerprint density at radius 2 is 1.91 bits per heavy atom. The van der Waals surface area contributed by atoms with Gasteiger partial charge in [0.05, 0.1) is 18.5 Å². The highest BCUT2D eigenvalue weighted by atomic mass is 16.6. The maximum absolute atomic E-state index is 13.5. The topological polar surface area (TPSA) is 146 Å². The zero-order valence-electron chi connectivity index (χ0n) is 18.5. The van der Waals surface area contributed by atoms with Crippen molar-refractivity contribution in [3.63, 3.8) is 0 Å². The zero-order valence-corrected chi connectivity index (χ0v) is 18.5. The lowest BCUT2D eigenvalue weighted by atomic mass is 9.46. The fraction of sp³-hybridized carbons (Fsp3) is 0.826. The third-order valence-corrected chi connectivity index (χ3v) is 8.83. The Labute approximate surface area is 187 Å². The lowest BCUT2D eigenvalue weighted by molar-refractivity contribution is -0.206. The molecule has 5 aliphatic carbocycles. The van der Waals surface area contributed by atoms with Crippen LogP contribution in [-0.2, 0) is 19.1 Å². The van der Waals surface area contributed by atoms with Crippen LogP contribution in [0.25, 0.3) is 0 Å². The summed E-state index contributed by atoms with van der Waals surface area (Å²) in [7, 11) is 1.51. The molecule has 174 valence electrons. The molecule has 6 aliphatic rings. The monoisotopic (exact) mass is 444 g/mol. The van der Waals surface area contributed by atoms with Gasteiger partial charge in [-0.25, -0.2) is 0 Å². The van der Waals surface area contributed by atoms with Crippen LogP contribution in [0.1, 0.15) is 57.8 Å². The van der Waals surface area contributed by atoms with Crippen LogP contribution >= 0.6 is 0 Å². The molecule has 0 aromatic heterocycles. The summed E-state index contributed by atoms with van der Waals surface area (Å²) in [6.07, 6.45) is 6.29. The molecule has 5 saturated carbocycles. The second-order valence-corrected chi connectivity index (χ2v) is 11.0. The maximum Gasteiger partial charge on any atom is 0.321 e. The number of piperidine rings is 1. The summed E-state index contributed by atoms with van der Waals surface area (Å²) in [6, 6.07) is 0.365. The maximum atomic E-state index is 13.5.